The molecule has 3 N–H and O–H groups in total. The number of nitrogens with zero attached hydrogens (tertiary/aromatic N) is 2. The minimum absolute atomic E-state index is 0.456. The van der Waals surface area contributed by atoms with Gasteiger partial charge in [-0.15, -0.1) is 0 Å². The van der Waals surface area contributed by atoms with Crippen LogP contribution in [0.4, 0.5) is 11.8 Å². The van der Waals surface area contributed by atoms with Gasteiger partial charge in [0.25, 0.3) is 0 Å². The van der Waals surface area contributed by atoms with E-state index in [0.29, 0.717) is 12.5 Å². The Kier molecular flexibility index (Phi) is 4.69. The number of aliphatic hydroxyl groups is 1. The zero-order valence-corrected chi connectivity index (χ0v) is 11.0. The summed E-state index contributed by atoms with van der Waals surface area (Å²) in [5.41, 5.74) is 0.213. The van der Waals surface area contributed by atoms with Crippen LogP contribution in [-0.2, 0) is 0 Å². The minimum Gasteiger partial charge on any atom is -0.389 e. The summed E-state index contributed by atoms with van der Waals surface area (Å²) in [6.45, 7) is 8.86. The van der Waals surface area contributed by atoms with Crippen LogP contribution in [0.2, 0.25) is 0 Å². The largest absolute Gasteiger partial charge is 0.389 e. The van der Waals surface area contributed by atoms with Gasteiger partial charge in [-0.3, -0.25) is 0 Å². The molecule has 0 amide bonds. The molecule has 0 aliphatic carbocycles. The smallest absolute Gasteiger partial charge is 0.224 e. The number of aryl methyl sites for hydroxylation is 1. The topological polar surface area (TPSA) is 70.1 Å². The van der Waals surface area contributed by atoms with Crippen LogP contribution in [0.25, 0.3) is 0 Å². The fraction of sp³-hybridized carbons (Fsp3) is 0.667. The average molecular weight is 238 g/mol. The molecule has 0 saturated heterocycles. The van der Waals surface area contributed by atoms with Crippen molar-refractivity contribution in [3.05, 3.63) is 11.8 Å². The van der Waals surface area contributed by atoms with Gasteiger partial charge in [0.2, 0.25) is 5.95 Å². The molecule has 0 fully saturated rings. The fourth-order valence-electron chi connectivity index (χ4n) is 1.24. The van der Waals surface area contributed by atoms with Gasteiger partial charge in [0.1, 0.15) is 5.82 Å². The van der Waals surface area contributed by atoms with Crippen molar-refractivity contribution in [2.24, 2.45) is 0 Å². The first-order valence-corrected chi connectivity index (χ1v) is 5.96. The lowest BCUT2D eigenvalue weighted by Crippen LogP contribution is -2.30. The highest BCUT2D eigenvalue weighted by Gasteiger charge is 2.13. The van der Waals surface area contributed by atoms with Crippen molar-refractivity contribution in [2.75, 3.05) is 23.7 Å². The van der Waals surface area contributed by atoms with Crippen molar-refractivity contribution in [2.45, 2.75) is 39.7 Å². The minimum atomic E-state index is -0.756. The summed E-state index contributed by atoms with van der Waals surface area (Å²) in [6, 6.07) is 0. The van der Waals surface area contributed by atoms with E-state index in [-0.39, 0.29) is 0 Å². The Bertz CT molecular complexity index is 360. The summed E-state index contributed by atoms with van der Waals surface area (Å²) in [5.74, 6) is 1.39. The molecule has 5 heteroatoms. The molecule has 0 aliphatic heterocycles. The summed E-state index contributed by atoms with van der Waals surface area (Å²) in [5, 5.41) is 15.9. The Labute approximate surface area is 103 Å². The van der Waals surface area contributed by atoms with E-state index in [9.17, 15) is 5.11 Å². The average Bonchev–Trinajstić information content (AvgIpc) is 2.25. The second-order valence-electron chi connectivity index (χ2n) is 4.82. The van der Waals surface area contributed by atoms with Crippen molar-refractivity contribution in [1.29, 1.82) is 0 Å². The predicted octanol–water partition coefficient (Wildman–Crippen LogP) is 1.79. The number of rotatable bonds is 6. The van der Waals surface area contributed by atoms with Crippen molar-refractivity contribution in [3.63, 3.8) is 0 Å². The SMILES string of the molecule is CCCNc1ncc(C)c(NCC(C)(C)O)n1. The standard InChI is InChI=1S/C12H22N4O/c1-5-6-13-11-14-7-9(2)10(16-11)15-8-12(3,4)17/h7,17H,5-6,8H2,1-4H3,(H2,13,14,15,16). The van der Waals surface area contributed by atoms with E-state index in [1.807, 2.05) is 6.92 Å². The van der Waals surface area contributed by atoms with Crippen LogP contribution in [0.5, 0.6) is 0 Å². The Morgan fingerprint density at radius 1 is 1.35 bits per heavy atom. The summed E-state index contributed by atoms with van der Waals surface area (Å²) in [4.78, 5) is 8.56. The van der Waals surface area contributed by atoms with Gasteiger partial charge in [-0.2, -0.15) is 4.98 Å². The molecule has 0 unspecified atom stereocenters. The molecule has 0 aliphatic rings. The zero-order valence-electron chi connectivity index (χ0n) is 11.0. The predicted molar refractivity (Wildman–Crippen MR) is 70.3 cm³/mol. The Morgan fingerprint density at radius 3 is 2.65 bits per heavy atom. The van der Waals surface area contributed by atoms with Crippen LogP contribution in [0.3, 0.4) is 0 Å². The Hall–Kier alpha value is -1.36. The van der Waals surface area contributed by atoms with E-state index in [1.54, 1.807) is 20.0 Å². The van der Waals surface area contributed by atoms with Crippen LogP contribution >= 0.6 is 0 Å². The third-order valence-electron chi connectivity index (χ3n) is 2.19. The first-order valence-electron chi connectivity index (χ1n) is 5.96. The van der Waals surface area contributed by atoms with Crippen molar-refractivity contribution >= 4 is 11.8 Å². The normalized spacial score (nSPS) is 11.4. The highest BCUT2D eigenvalue weighted by Crippen LogP contribution is 2.13. The molecule has 1 aromatic heterocycles. The van der Waals surface area contributed by atoms with E-state index in [2.05, 4.69) is 27.5 Å². The number of hydrogen-bond donors (Lipinski definition) is 3. The van der Waals surface area contributed by atoms with Crippen LogP contribution < -0.4 is 10.6 Å². The second-order valence-corrected chi connectivity index (χ2v) is 4.82. The molecule has 0 saturated carbocycles. The first-order chi connectivity index (χ1) is 7.92. The molecular weight excluding hydrogens is 216 g/mol. The summed E-state index contributed by atoms with van der Waals surface area (Å²) in [7, 11) is 0. The molecule has 0 aromatic carbocycles. The van der Waals surface area contributed by atoms with E-state index >= 15 is 0 Å². The lowest BCUT2D eigenvalue weighted by atomic mass is 10.1. The van der Waals surface area contributed by atoms with Crippen molar-refractivity contribution in [3.8, 4) is 0 Å². The maximum Gasteiger partial charge on any atom is 0.224 e. The van der Waals surface area contributed by atoms with Crippen LogP contribution in [-0.4, -0.2) is 33.8 Å². The molecule has 0 spiro atoms. The Balaban J connectivity index is 2.69. The molecule has 1 rings (SSSR count). The van der Waals surface area contributed by atoms with Gasteiger partial charge in [0, 0.05) is 24.8 Å². The van der Waals surface area contributed by atoms with Crippen molar-refractivity contribution in [1.82, 2.24) is 9.97 Å². The van der Waals surface area contributed by atoms with Gasteiger partial charge in [0.05, 0.1) is 5.60 Å². The van der Waals surface area contributed by atoms with E-state index in [1.165, 1.54) is 0 Å². The van der Waals surface area contributed by atoms with E-state index in [4.69, 9.17) is 0 Å². The van der Waals surface area contributed by atoms with Gasteiger partial charge in [-0.1, -0.05) is 6.92 Å². The summed E-state index contributed by atoms with van der Waals surface area (Å²) >= 11 is 0. The van der Waals surface area contributed by atoms with Gasteiger partial charge in [-0.25, -0.2) is 4.98 Å². The van der Waals surface area contributed by atoms with Gasteiger partial charge >= 0.3 is 0 Å². The van der Waals surface area contributed by atoms with Gasteiger partial charge in [0.15, 0.2) is 0 Å². The number of aromatic nitrogens is 2. The maximum absolute atomic E-state index is 9.66. The fourth-order valence-corrected chi connectivity index (χ4v) is 1.24. The molecule has 1 heterocycles. The molecule has 0 radical (unpaired) electrons. The van der Waals surface area contributed by atoms with Crippen LogP contribution in [0, 0.1) is 6.92 Å². The third kappa shape index (κ3) is 4.99. The molecule has 17 heavy (non-hydrogen) atoms. The lowest BCUT2D eigenvalue weighted by molar-refractivity contribution is 0.0944. The second kappa shape index (κ2) is 5.82. The Morgan fingerprint density at radius 2 is 2.06 bits per heavy atom. The molecule has 0 bridgehead atoms. The molecule has 5 nitrogen and oxygen atoms in total. The van der Waals surface area contributed by atoms with E-state index < -0.39 is 5.60 Å². The third-order valence-corrected chi connectivity index (χ3v) is 2.19. The summed E-state index contributed by atoms with van der Waals surface area (Å²) in [6.07, 6.45) is 2.81. The maximum atomic E-state index is 9.66. The van der Waals surface area contributed by atoms with Crippen molar-refractivity contribution < 1.29 is 5.11 Å². The number of anilines is 2. The molecule has 0 atom stereocenters. The highest BCUT2D eigenvalue weighted by atomic mass is 16.3. The van der Waals surface area contributed by atoms with Gasteiger partial charge < -0.3 is 15.7 Å². The van der Waals surface area contributed by atoms with Gasteiger partial charge in [-0.05, 0) is 27.2 Å². The van der Waals surface area contributed by atoms with Crippen LogP contribution in [0.15, 0.2) is 6.20 Å². The number of nitrogens with one attached hydrogen (secondary N) is 2. The molecule has 1 aromatic rings. The van der Waals surface area contributed by atoms with Crippen LogP contribution in [0.1, 0.15) is 32.8 Å². The first kappa shape index (κ1) is 13.7. The highest BCUT2D eigenvalue weighted by molar-refractivity contribution is 5.46. The quantitative estimate of drug-likeness (QED) is 0.705. The molecular formula is C12H22N4O. The number of hydrogen-bond acceptors (Lipinski definition) is 5. The molecule has 96 valence electrons. The monoisotopic (exact) mass is 238 g/mol. The van der Waals surface area contributed by atoms with E-state index in [0.717, 1.165) is 24.3 Å². The summed E-state index contributed by atoms with van der Waals surface area (Å²) < 4.78 is 0. The zero-order chi connectivity index (χ0) is 12.9. The lowest BCUT2D eigenvalue weighted by Gasteiger charge is -2.19.